The Labute approximate surface area is 114 Å². The molecule has 0 saturated carbocycles. The summed E-state index contributed by atoms with van der Waals surface area (Å²) in [6, 6.07) is 12.4. The highest BCUT2D eigenvalue weighted by atomic mass is 79.9. The molecule has 2 aromatic rings. The first-order valence-corrected chi connectivity index (χ1v) is 6.63. The Morgan fingerprint density at radius 2 is 1.72 bits per heavy atom. The minimum absolute atomic E-state index is 0.110. The van der Waals surface area contributed by atoms with Crippen LogP contribution in [-0.2, 0) is 6.42 Å². The Bertz CT molecular complexity index is 538. The van der Waals surface area contributed by atoms with Gasteiger partial charge in [-0.25, -0.2) is 8.78 Å². The fourth-order valence-electron chi connectivity index (χ4n) is 1.89. The number of rotatable bonds is 3. The minimum Gasteiger partial charge on any atom is -0.207 e. The molecule has 1 unspecified atom stereocenters. The lowest BCUT2D eigenvalue weighted by Crippen LogP contribution is -2.03. The topological polar surface area (TPSA) is 0 Å². The van der Waals surface area contributed by atoms with Gasteiger partial charge in [0.05, 0.1) is 0 Å². The number of hydrogen-bond acceptors (Lipinski definition) is 0. The van der Waals surface area contributed by atoms with Crippen LogP contribution in [0.4, 0.5) is 8.78 Å². The molecule has 1 atom stereocenters. The van der Waals surface area contributed by atoms with Crippen molar-refractivity contribution >= 4 is 15.9 Å². The van der Waals surface area contributed by atoms with Crippen LogP contribution in [0.5, 0.6) is 0 Å². The quantitative estimate of drug-likeness (QED) is 0.703. The summed E-state index contributed by atoms with van der Waals surface area (Å²) in [6.45, 7) is 1.64. The molecule has 2 rings (SSSR count). The summed E-state index contributed by atoms with van der Waals surface area (Å²) >= 11 is 3.38. The van der Waals surface area contributed by atoms with E-state index in [9.17, 15) is 8.78 Å². The van der Waals surface area contributed by atoms with E-state index in [0.29, 0.717) is 12.0 Å². The van der Waals surface area contributed by atoms with Crippen molar-refractivity contribution in [2.45, 2.75) is 18.2 Å². The second-order valence-corrected chi connectivity index (χ2v) is 5.35. The van der Waals surface area contributed by atoms with Crippen molar-refractivity contribution < 1.29 is 8.78 Å². The maximum absolute atomic E-state index is 13.9. The van der Waals surface area contributed by atoms with Crippen molar-refractivity contribution in [2.75, 3.05) is 0 Å². The molecule has 0 aliphatic heterocycles. The van der Waals surface area contributed by atoms with Crippen molar-refractivity contribution in [1.29, 1.82) is 0 Å². The number of hydrogen-bond donors (Lipinski definition) is 0. The molecule has 0 amide bonds. The molecule has 94 valence electrons. The van der Waals surface area contributed by atoms with Gasteiger partial charge in [0.15, 0.2) is 0 Å². The smallest absolute Gasteiger partial charge is 0.133 e. The van der Waals surface area contributed by atoms with Gasteiger partial charge >= 0.3 is 0 Å². The van der Waals surface area contributed by atoms with Crippen LogP contribution in [-0.4, -0.2) is 0 Å². The third-order valence-electron chi connectivity index (χ3n) is 2.89. The Kier molecular flexibility index (Phi) is 4.12. The Morgan fingerprint density at radius 1 is 1.06 bits per heavy atom. The van der Waals surface area contributed by atoms with Gasteiger partial charge in [-0.2, -0.15) is 0 Å². The van der Waals surface area contributed by atoms with Crippen LogP contribution in [0, 0.1) is 18.6 Å². The summed E-state index contributed by atoms with van der Waals surface area (Å²) in [6.07, 6.45) is 0.554. The molecule has 0 heterocycles. The summed E-state index contributed by atoms with van der Waals surface area (Å²) < 4.78 is 27.7. The molecule has 0 bridgehead atoms. The van der Waals surface area contributed by atoms with E-state index in [-0.39, 0.29) is 10.4 Å². The molecule has 3 heteroatoms. The summed E-state index contributed by atoms with van der Waals surface area (Å²) in [7, 11) is 0. The minimum atomic E-state index is -0.504. The van der Waals surface area contributed by atoms with Gasteiger partial charge in [0.25, 0.3) is 0 Å². The highest BCUT2D eigenvalue weighted by Crippen LogP contribution is 2.32. The van der Waals surface area contributed by atoms with E-state index in [1.54, 1.807) is 6.92 Å². The first-order valence-electron chi connectivity index (χ1n) is 5.72. The fourth-order valence-corrected chi connectivity index (χ4v) is 2.68. The standard InChI is InChI=1S/C15H13BrF2/c1-10-7-8-13(17)14(15(10)18)12(16)9-11-5-3-2-4-6-11/h2-8,12H,9H2,1H3. The average Bonchev–Trinajstić information content (AvgIpc) is 2.36. The van der Waals surface area contributed by atoms with Crippen LogP contribution >= 0.6 is 15.9 Å². The van der Waals surface area contributed by atoms with E-state index < -0.39 is 11.6 Å². The van der Waals surface area contributed by atoms with Crippen LogP contribution in [0.3, 0.4) is 0 Å². The summed E-state index contributed by atoms with van der Waals surface area (Å²) in [5.74, 6) is -0.969. The van der Waals surface area contributed by atoms with E-state index in [0.717, 1.165) is 5.56 Å². The fraction of sp³-hybridized carbons (Fsp3) is 0.200. The van der Waals surface area contributed by atoms with E-state index in [1.807, 2.05) is 30.3 Å². The predicted octanol–water partition coefficient (Wildman–Crippen LogP) is 4.95. The first kappa shape index (κ1) is 13.2. The van der Waals surface area contributed by atoms with E-state index in [4.69, 9.17) is 0 Å². The van der Waals surface area contributed by atoms with Gasteiger partial charge in [0.2, 0.25) is 0 Å². The normalized spacial score (nSPS) is 12.4. The molecule has 0 fully saturated rings. The molecule has 0 radical (unpaired) electrons. The third-order valence-corrected chi connectivity index (χ3v) is 3.67. The van der Waals surface area contributed by atoms with Crippen molar-refractivity contribution in [2.24, 2.45) is 0 Å². The number of halogens is 3. The molecule has 0 nitrogen and oxygen atoms in total. The van der Waals surface area contributed by atoms with Crippen molar-refractivity contribution in [3.8, 4) is 0 Å². The van der Waals surface area contributed by atoms with Crippen LogP contribution in [0.1, 0.15) is 21.5 Å². The largest absolute Gasteiger partial charge is 0.207 e. The molecule has 0 aliphatic carbocycles. The van der Waals surface area contributed by atoms with Crippen LogP contribution in [0.2, 0.25) is 0 Å². The van der Waals surface area contributed by atoms with Gasteiger partial charge in [-0.3, -0.25) is 0 Å². The van der Waals surface area contributed by atoms with Gasteiger partial charge < -0.3 is 0 Å². The Hall–Kier alpha value is -1.22. The summed E-state index contributed by atoms with van der Waals surface area (Å²) in [4.78, 5) is -0.361. The molecule has 0 spiro atoms. The van der Waals surface area contributed by atoms with Gasteiger partial charge in [-0.1, -0.05) is 52.3 Å². The maximum atomic E-state index is 13.9. The van der Waals surface area contributed by atoms with Gasteiger partial charge in [0.1, 0.15) is 11.6 Å². The van der Waals surface area contributed by atoms with Crippen molar-refractivity contribution in [3.05, 3.63) is 70.8 Å². The van der Waals surface area contributed by atoms with Crippen LogP contribution in [0.25, 0.3) is 0 Å². The zero-order chi connectivity index (χ0) is 13.1. The average molecular weight is 311 g/mol. The molecule has 0 saturated heterocycles. The number of aryl methyl sites for hydroxylation is 1. The SMILES string of the molecule is Cc1ccc(F)c(C(Br)Cc2ccccc2)c1F. The van der Waals surface area contributed by atoms with E-state index in [1.165, 1.54) is 12.1 Å². The molecular weight excluding hydrogens is 298 g/mol. The monoisotopic (exact) mass is 310 g/mol. The second kappa shape index (κ2) is 5.61. The summed E-state index contributed by atoms with van der Waals surface area (Å²) in [5, 5.41) is 0. The lowest BCUT2D eigenvalue weighted by Gasteiger charge is -2.13. The zero-order valence-electron chi connectivity index (χ0n) is 9.96. The number of benzene rings is 2. The molecule has 0 aliphatic rings. The molecule has 0 N–H and O–H groups in total. The summed E-state index contributed by atoms with van der Waals surface area (Å²) in [5.41, 5.74) is 1.61. The lowest BCUT2D eigenvalue weighted by molar-refractivity contribution is 0.548. The lowest BCUT2D eigenvalue weighted by atomic mass is 10.0. The van der Waals surface area contributed by atoms with Gasteiger partial charge in [0, 0.05) is 10.4 Å². The highest BCUT2D eigenvalue weighted by molar-refractivity contribution is 9.09. The highest BCUT2D eigenvalue weighted by Gasteiger charge is 2.19. The number of alkyl halides is 1. The molecule has 0 aromatic heterocycles. The van der Waals surface area contributed by atoms with E-state index >= 15 is 0 Å². The van der Waals surface area contributed by atoms with E-state index in [2.05, 4.69) is 15.9 Å². The van der Waals surface area contributed by atoms with Crippen LogP contribution in [0.15, 0.2) is 42.5 Å². The van der Waals surface area contributed by atoms with Crippen molar-refractivity contribution in [1.82, 2.24) is 0 Å². The van der Waals surface area contributed by atoms with Crippen LogP contribution < -0.4 is 0 Å². The van der Waals surface area contributed by atoms with Gasteiger partial charge in [-0.15, -0.1) is 0 Å². The third kappa shape index (κ3) is 2.78. The molecular formula is C15H13BrF2. The zero-order valence-corrected chi connectivity index (χ0v) is 11.5. The van der Waals surface area contributed by atoms with Crippen molar-refractivity contribution in [3.63, 3.8) is 0 Å². The molecule has 2 aromatic carbocycles. The maximum Gasteiger partial charge on any atom is 0.133 e. The predicted molar refractivity (Wildman–Crippen MR) is 72.9 cm³/mol. The van der Waals surface area contributed by atoms with Gasteiger partial charge in [-0.05, 0) is 30.5 Å². The first-order chi connectivity index (χ1) is 8.59. The Balaban J connectivity index is 2.29. The second-order valence-electron chi connectivity index (χ2n) is 4.25. The Morgan fingerprint density at radius 3 is 2.39 bits per heavy atom. The molecule has 18 heavy (non-hydrogen) atoms.